The molecule has 0 unspecified atom stereocenters. The van der Waals surface area contributed by atoms with E-state index in [4.69, 9.17) is 0 Å². The second-order valence-corrected chi connectivity index (χ2v) is 7.05. The summed E-state index contributed by atoms with van der Waals surface area (Å²) in [6, 6.07) is 17.6. The Kier molecular flexibility index (Phi) is 5.24. The number of fused-ring (bicyclic) bond motifs is 1. The van der Waals surface area contributed by atoms with Gasteiger partial charge in [0.2, 0.25) is 0 Å². The van der Waals surface area contributed by atoms with Crippen LogP contribution in [-0.4, -0.2) is 27.4 Å². The van der Waals surface area contributed by atoms with Gasteiger partial charge in [-0.25, -0.2) is 9.97 Å². The van der Waals surface area contributed by atoms with Gasteiger partial charge < -0.3 is 15.6 Å². The van der Waals surface area contributed by atoms with Crippen molar-refractivity contribution in [3.63, 3.8) is 0 Å². The zero-order chi connectivity index (χ0) is 20.2. The lowest BCUT2D eigenvalue weighted by molar-refractivity contribution is 0.102. The largest absolute Gasteiger partial charge is 0.370 e. The van der Waals surface area contributed by atoms with Crippen molar-refractivity contribution in [3.05, 3.63) is 83.4 Å². The molecule has 1 amide bonds. The fourth-order valence-electron chi connectivity index (χ4n) is 3.36. The lowest BCUT2D eigenvalue weighted by Crippen LogP contribution is -2.16. The Morgan fingerprint density at radius 1 is 1.03 bits per heavy atom. The first kappa shape index (κ1) is 18.7. The number of nitrogens with one attached hydrogen (secondary N) is 3. The SMILES string of the molecule is Cc1cccc(NC(=O)c2cc(NCCc3c[nH]c4ccccc34)nc(C)n2)c1. The van der Waals surface area contributed by atoms with Crippen molar-refractivity contribution >= 4 is 28.3 Å². The van der Waals surface area contributed by atoms with Gasteiger partial charge in [0.15, 0.2) is 0 Å². The average molecular weight is 385 g/mol. The van der Waals surface area contributed by atoms with E-state index in [9.17, 15) is 4.79 Å². The summed E-state index contributed by atoms with van der Waals surface area (Å²) in [6.45, 7) is 4.48. The molecule has 4 aromatic rings. The van der Waals surface area contributed by atoms with Gasteiger partial charge >= 0.3 is 0 Å². The smallest absolute Gasteiger partial charge is 0.274 e. The summed E-state index contributed by atoms with van der Waals surface area (Å²) in [7, 11) is 0. The Labute approximate surface area is 169 Å². The van der Waals surface area contributed by atoms with Crippen LogP contribution in [0.2, 0.25) is 0 Å². The minimum atomic E-state index is -0.249. The summed E-state index contributed by atoms with van der Waals surface area (Å²) >= 11 is 0. The van der Waals surface area contributed by atoms with Gasteiger partial charge in [0.1, 0.15) is 17.3 Å². The van der Waals surface area contributed by atoms with E-state index >= 15 is 0 Å². The number of para-hydroxylation sites is 1. The highest BCUT2D eigenvalue weighted by atomic mass is 16.1. The monoisotopic (exact) mass is 385 g/mol. The van der Waals surface area contributed by atoms with Crippen LogP contribution in [-0.2, 0) is 6.42 Å². The van der Waals surface area contributed by atoms with Crippen LogP contribution in [0.1, 0.15) is 27.4 Å². The summed E-state index contributed by atoms with van der Waals surface area (Å²) in [6.07, 6.45) is 2.89. The third-order valence-corrected chi connectivity index (χ3v) is 4.72. The zero-order valence-corrected chi connectivity index (χ0v) is 16.5. The predicted octanol–water partition coefficient (Wildman–Crippen LogP) is 4.48. The molecule has 0 atom stereocenters. The van der Waals surface area contributed by atoms with E-state index in [1.165, 1.54) is 10.9 Å². The van der Waals surface area contributed by atoms with Crippen molar-refractivity contribution in [1.29, 1.82) is 0 Å². The molecular formula is C23H23N5O. The molecule has 0 spiro atoms. The minimum absolute atomic E-state index is 0.249. The summed E-state index contributed by atoms with van der Waals surface area (Å²) in [5.41, 5.74) is 4.56. The maximum absolute atomic E-state index is 12.6. The van der Waals surface area contributed by atoms with Crippen molar-refractivity contribution in [2.75, 3.05) is 17.2 Å². The summed E-state index contributed by atoms with van der Waals surface area (Å²) in [4.78, 5) is 24.6. The highest BCUT2D eigenvalue weighted by molar-refractivity contribution is 6.03. The maximum Gasteiger partial charge on any atom is 0.274 e. The van der Waals surface area contributed by atoms with Crippen LogP contribution in [0, 0.1) is 13.8 Å². The molecule has 2 heterocycles. The predicted molar refractivity (Wildman–Crippen MR) is 116 cm³/mol. The van der Waals surface area contributed by atoms with E-state index in [1.54, 1.807) is 13.0 Å². The molecule has 0 bridgehead atoms. The van der Waals surface area contributed by atoms with Gasteiger partial charge in [-0.15, -0.1) is 0 Å². The molecule has 2 aromatic carbocycles. The molecule has 6 nitrogen and oxygen atoms in total. The quantitative estimate of drug-likeness (QED) is 0.457. The topological polar surface area (TPSA) is 82.7 Å². The number of rotatable bonds is 6. The van der Waals surface area contributed by atoms with Crippen molar-refractivity contribution in [2.45, 2.75) is 20.3 Å². The van der Waals surface area contributed by atoms with Crippen LogP contribution < -0.4 is 10.6 Å². The van der Waals surface area contributed by atoms with Gasteiger partial charge in [-0.3, -0.25) is 4.79 Å². The number of aromatic amines is 1. The Hall–Kier alpha value is -3.67. The molecule has 3 N–H and O–H groups in total. The van der Waals surface area contributed by atoms with Gasteiger partial charge in [-0.1, -0.05) is 30.3 Å². The highest BCUT2D eigenvalue weighted by Crippen LogP contribution is 2.18. The highest BCUT2D eigenvalue weighted by Gasteiger charge is 2.11. The number of H-pyrrole nitrogens is 1. The van der Waals surface area contributed by atoms with Crippen molar-refractivity contribution in [3.8, 4) is 0 Å². The van der Waals surface area contributed by atoms with Gasteiger partial charge in [0.05, 0.1) is 0 Å². The normalized spacial score (nSPS) is 10.8. The van der Waals surface area contributed by atoms with E-state index in [2.05, 4.69) is 37.7 Å². The van der Waals surface area contributed by atoms with E-state index < -0.39 is 0 Å². The number of aromatic nitrogens is 3. The number of carbonyl (C=O) groups is 1. The van der Waals surface area contributed by atoms with Gasteiger partial charge in [0, 0.05) is 35.4 Å². The molecule has 4 rings (SSSR count). The van der Waals surface area contributed by atoms with Crippen LogP contribution >= 0.6 is 0 Å². The molecule has 0 saturated heterocycles. The standard InChI is InChI=1S/C23H23N5O/c1-15-6-5-7-18(12-15)28-23(29)21-13-22(27-16(2)26-21)24-11-10-17-14-25-20-9-4-3-8-19(17)20/h3-9,12-14,25H,10-11H2,1-2H3,(H,28,29)(H,24,26,27). The first-order chi connectivity index (χ1) is 14.1. The van der Waals surface area contributed by atoms with Gasteiger partial charge in [-0.05, 0) is 49.6 Å². The van der Waals surface area contributed by atoms with Crippen LogP contribution in [0.4, 0.5) is 11.5 Å². The van der Waals surface area contributed by atoms with Gasteiger partial charge in [0.25, 0.3) is 5.91 Å². The third-order valence-electron chi connectivity index (χ3n) is 4.72. The Morgan fingerprint density at radius 3 is 2.76 bits per heavy atom. The van der Waals surface area contributed by atoms with Crippen LogP contribution in [0.15, 0.2) is 60.8 Å². The summed E-state index contributed by atoms with van der Waals surface area (Å²) in [5.74, 6) is 0.948. The summed E-state index contributed by atoms with van der Waals surface area (Å²) in [5, 5.41) is 7.43. The molecule has 0 aliphatic rings. The second kappa shape index (κ2) is 8.14. The number of aryl methyl sites for hydroxylation is 2. The number of hydrogen-bond donors (Lipinski definition) is 3. The summed E-state index contributed by atoms with van der Waals surface area (Å²) < 4.78 is 0. The average Bonchev–Trinajstić information content (AvgIpc) is 3.11. The van der Waals surface area contributed by atoms with Crippen molar-refractivity contribution in [2.24, 2.45) is 0 Å². The number of carbonyl (C=O) groups excluding carboxylic acids is 1. The molecule has 146 valence electrons. The number of hydrogen-bond acceptors (Lipinski definition) is 4. The van der Waals surface area contributed by atoms with E-state index in [0.717, 1.165) is 23.2 Å². The first-order valence-corrected chi connectivity index (χ1v) is 9.61. The Bertz CT molecular complexity index is 1160. The molecule has 0 aliphatic carbocycles. The molecule has 0 radical (unpaired) electrons. The lowest BCUT2D eigenvalue weighted by Gasteiger charge is -2.09. The van der Waals surface area contributed by atoms with Crippen molar-refractivity contribution < 1.29 is 4.79 Å². The molecule has 6 heteroatoms. The van der Waals surface area contributed by atoms with E-state index in [-0.39, 0.29) is 5.91 Å². The number of amides is 1. The van der Waals surface area contributed by atoms with Crippen molar-refractivity contribution in [1.82, 2.24) is 15.0 Å². The van der Waals surface area contributed by atoms with E-state index in [0.29, 0.717) is 23.9 Å². The third kappa shape index (κ3) is 4.43. The second-order valence-electron chi connectivity index (χ2n) is 7.05. The van der Waals surface area contributed by atoms with Crippen LogP contribution in [0.5, 0.6) is 0 Å². The zero-order valence-electron chi connectivity index (χ0n) is 16.5. The Morgan fingerprint density at radius 2 is 1.90 bits per heavy atom. The lowest BCUT2D eigenvalue weighted by atomic mass is 10.1. The molecule has 0 saturated carbocycles. The van der Waals surface area contributed by atoms with E-state index in [1.807, 2.05) is 49.5 Å². The molecule has 2 aromatic heterocycles. The molecule has 0 fully saturated rings. The fraction of sp³-hybridized carbons (Fsp3) is 0.174. The number of anilines is 2. The van der Waals surface area contributed by atoms with Crippen LogP contribution in [0.3, 0.4) is 0 Å². The number of benzene rings is 2. The first-order valence-electron chi connectivity index (χ1n) is 9.61. The minimum Gasteiger partial charge on any atom is -0.370 e. The maximum atomic E-state index is 12.6. The molecular weight excluding hydrogens is 362 g/mol. The molecule has 29 heavy (non-hydrogen) atoms. The molecule has 0 aliphatic heterocycles. The Balaban J connectivity index is 1.43. The van der Waals surface area contributed by atoms with Gasteiger partial charge in [-0.2, -0.15) is 0 Å². The number of nitrogens with zero attached hydrogens (tertiary/aromatic N) is 2. The van der Waals surface area contributed by atoms with Crippen LogP contribution in [0.25, 0.3) is 10.9 Å². The fourth-order valence-corrected chi connectivity index (χ4v) is 3.36.